The van der Waals surface area contributed by atoms with Crippen molar-refractivity contribution in [3.63, 3.8) is 0 Å². The predicted molar refractivity (Wildman–Crippen MR) is 113 cm³/mol. The van der Waals surface area contributed by atoms with Crippen molar-refractivity contribution in [3.05, 3.63) is 48.2 Å². The minimum Gasteiger partial charge on any atom is -0.352 e. The van der Waals surface area contributed by atoms with E-state index < -0.39 is 21.9 Å². The van der Waals surface area contributed by atoms with Gasteiger partial charge < -0.3 is 4.90 Å². The summed E-state index contributed by atoms with van der Waals surface area (Å²) in [5.74, 6) is -0.293. The van der Waals surface area contributed by atoms with E-state index in [4.69, 9.17) is 0 Å². The van der Waals surface area contributed by atoms with Gasteiger partial charge in [0.05, 0.1) is 22.8 Å². The van der Waals surface area contributed by atoms with Crippen molar-refractivity contribution < 1.29 is 21.6 Å². The molecule has 0 spiro atoms. The first-order valence-corrected chi connectivity index (χ1v) is 11.7. The van der Waals surface area contributed by atoms with Crippen LogP contribution in [-0.2, 0) is 16.2 Å². The quantitative estimate of drug-likeness (QED) is 0.445. The summed E-state index contributed by atoms with van der Waals surface area (Å²) >= 11 is 0.919. The summed E-state index contributed by atoms with van der Waals surface area (Å²) in [5.41, 5.74) is 0.185. The lowest BCUT2D eigenvalue weighted by Gasteiger charge is -2.35. The number of para-hydroxylation sites is 2. The first kappa shape index (κ1) is 21.0. The lowest BCUT2D eigenvalue weighted by molar-refractivity contribution is -0.140. The number of halogens is 3. The highest BCUT2D eigenvalue weighted by atomic mass is 32.2. The van der Waals surface area contributed by atoms with Crippen LogP contribution in [0.5, 0.6) is 0 Å². The summed E-state index contributed by atoms with van der Waals surface area (Å²) < 4.78 is 76.8. The highest BCUT2D eigenvalue weighted by molar-refractivity contribution is 7.89. The van der Waals surface area contributed by atoms with Gasteiger partial charge in [-0.3, -0.25) is 0 Å². The number of nitrogens with zero attached hydrogens (tertiary/aromatic N) is 6. The zero-order valence-electron chi connectivity index (χ0n) is 16.3. The van der Waals surface area contributed by atoms with Crippen LogP contribution < -0.4 is 4.90 Å². The van der Waals surface area contributed by atoms with E-state index in [9.17, 15) is 21.6 Å². The summed E-state index contributed by atoms with van der Waals surface area (Å²) in [7, 11) is -3.88. The summed E-state index contributed by atoms with van der Waals surface area (Å²) in [5, 5.41) is 0. The molecule has 2 aromatic heterocycles. The molecule has 4 aromatic rings. The molecule has 32 heavy (non-hydrogen) atoms. The van der Waals surface area contributed by atoms with Crippen molar-refractivity contribution in [3.8, 4) is 0 Å². The molecule has 0 amide bonds. The summed E-state index contributed by atoms with van der Waals surface area (Å²) in [6, 6.07) is 11.1. The van der Waals surface area contributed by atoms with Crippen LogP contribution >= 0.6 is 11.7 Å². The molecule has 2 aromatic carbocycles. The topological polar surface area (TPSA) is 92.2 Å². The number of piperazine rings is 1. The van der Waals surface area contributed by atoms with E-state index in [2.05, 4.69) is 18.7 Å². The van der Waals surface area contributed by atoms with E-state index in [1.807, 2.05) is 0 Å². The Morgan fingerprint density at radius 3 is 2.19 bits per heavy atom. The maximum Gasteiger partial charge on any atom is 0.437 e. The Kier molecular flexibility index (Phi) is 4.98. The van der Waals surface area contributed by atoms with Crippen LogP contribution in [0.15, 0.2) is 47.4 Å². The summed E-state index contributed by atoms with van der Waals surface area (Å²) in [6.07, 6.45) is -4.69. The Bertz CT molecular complexity index is 1420. The lowest BCUT2D eigenvalue weighted by Crippen LogP contribution is -2.49. The van der Waals surface area contributed by atoms with E-state index in [1.54, 1.807) is 30.3 Å². The zero-order chi connectivity index (χ0) is 22.5. The van der Waals surface area contributed by atoms with Crippen LogP contribution in [0.25, 0.3) is 22.1 Å². The first-order valence-electron chi connectivity index (χ1n) is 9.55. The van der Waals surface area contributed by atoms with Gasteiger partial charge in [0.25, 0.3) is 0 Å². The Labute approximate surface area is 184 Å². The van der Waals surface area contributed by atoms with Gasteiger partial charge in [0, 0.05) is 26.2 Å². The number of hydrogen-bond donors (Lipinski definition) is 0. The molecule has 0 N–H and O–H groups in total. The summed E-state index contributed by atoms with van der Waals surface area (Å²) in [4.78, 5) is 9.46. The van der Waals surface area contributed by atoms with Gasteiger partial charge in [0.15, 0.2) is 11.5 Å². The van der Waals surface area contributed by atoms with Crippen molar-refractivity contribution in [1.29, 1.82) is 0 Å². The van der Waals surface area contributed by atoms with Crippen molar-refractivity contribution in [1.82, 2.24) is 23.0 Å². The molecule has 0 atom stereocenters. The van der Waals surface area contributed by atoms with Crippen molar-refractivity contribution >= 4 is 49.6 Å². The molecule has 1 aliphatic rings. The number of benzene rings is 2. The van der Waals surface area contributed by atoms with Crippen LogP contribution in [0.2, 0.25) is 0 Å². The number of sulfonamides is 1. The third-order valence-electron chi connectivity index (χ3n) is 5.23. The monoisotopic (exact) mass is 480 g/mol. The van der Waals surface area contributed by atoms with Crippen LogP contribution in [0.3, 0.4) is 0 Å². The van der Waals surface area contributed by atoms with Gasteiger partial charge in [0.2, 0.25) is 10.0 Å². The molecule has 166 valence electrons. The standard InChI is InChI=1S/C19H15F3N6O2S2/c20-19(21,22)17-18(24-13-5-2-1-4-12(13)23-17)27-8-10-28(11-9-27)32(29,30)15-7-3-6-14-16(15)26-31-25-14/h1-7H,8-11H2. The molecule has 0 unspecified atom stereocenters. The highest BCUT2D eigenvalue weighted by Gasteiger charge is 2.40. The number of fused-ring (bicyclic) bond motifs is 2. The number of aromatic nitrogens is 4. The van der Waals surface area contributed by atoms with Crippen molar-refractivity contribution in [2.75, 3.05) is 31.1 Å². The van der Waals surface area contributed by atoms with Crippen LogP contribution in [0, 0.1) is 0 Å². The van der Waals surface area contributed by atoms with Gasteiger partial charge in [-0.25, -0.2) is 18.4 Å². The zero-order valence-corrected chi connectivity index (χ0v) is 18.0. The minimum atomic E-state index is -4.69. The van der Waals surface area contributed by atoms with Crippen molar-refractivity contribution in [2.24, 2.45) is 0 Å². The normalized spacial score (nSPS) is 16.2. The third-order valence-corrected chi connectivity index (χ3v) is 7.70. The number of alkyl halides is 3. The Hall–Kier alpha value is -2.90. The maximum atomic E-state index is 13.7. The van der Waals surface area contributed by atoms with Crippen LogP contribution in [0.4, 0.5) is 19.0 Å². The Morgan fingerprint density at radius 1 is 0.844 bits per heavy atom. The molecule has 1 fully saturated rings. The lowest BCUT2D eigenvalue weighted by atomic mass is 10.2. The molecular formula is C19H15F3N6O2S2. The van der Waals surface area contributed by atoms with E-state index in [-0.39, 0.29) is 42.4 Å². The fourth-order valence-corrected chi connectivity index (χ4v) is 5.84. The number of rotatable bonds is 3. The van der Waals surface area contributed by atoms with Gasteiger partial charge in [0.1, 0.15) is 15.9 Å². The third kappa shape index (κ3) is 3.55. The summed E-state index contributed by atoms with van der Waals surface area (Å²) in [6.45, 7) is 0.0887. The Morgan fingerprint density at radius 2 is 1.50 bits per heavy atom. The van der Waals surface area contributed by atoms with Crippen molar-refractivity contribution in [2.45, 2.75) is 11.1 Å². The first-order chi connectivity index (χ1) is 15.2. The van der Waals surface area contributed by atoms with Gasteiger partial charge in [-0.2, -0.15) is 26.2 Å². The molecule has 0 radical (unpaired) electrons. The molecule has 3 heterocycles. The molecule has 5 rings (SSSR count). The largest absolute Gasteiger partial charge is 0.437 e. The molecule has 0 saturated carbocycles. The van der Waals surface area contributed by atoms with E-state index in [1.165, 1.54) is 21.3 Å². The fourth-order valence-electron chi connectivity index (χ4n) is 3.67. The average Bonchev–Trinajstić information content (AvgIpc) is 3.26. The van der Waals surface area contributed by atoms with E-state index in [0.29, 0.717) is 16.6 Å². The van der Waals surface area contributed by atoms with Gasteiger partial charge in [-0.15, -0.1) is 0 Å². The molecule has 13 heteroatoms. The van der Waals surface area contributed by atoms with Crippen LogP contribution in [-0.4, -0.2) is 57.6 Å². The second-order valence-corrected chi connectivity index (χ2v) is 9.60. The van der Waals surface area contributed by atoms with E-state index in [0.717, 1.165) is 11.7 Å². The predicted octanol–water partition coefficient (Wildman–Crippen LogP) is 3.16. The second-order valence-electron chi connectivity index (χ2n) is 7.16. The molecule has 1 aliphatic heterocycles. The molecular weight excluding hydrogens is 465 g/mol. The SMILES string of the molecule is O=S(=O)(c1cccc2nsnc12)N1CCN(c2nc3ccccc3nc2C(F)(F)F)CC1. The highest BCUT2D eigenvalue weighted by Crippen LogP contribution is 2.36. The van der Waals surface area contributed by atoms with Gasteiger partial charge in [-0.1, -0.05) is 18.2 Å². The maximum absolute atomic E-state index is 13.7. The Balaban J connectivity index is 1.45. The van der Waals surface area contributed by atoms with Gasteiger partial charge >= 0.3 is 6.18 Å². The average molecular weight is 480 g/mol. The minimum absolute atomic E-state index is 0.00207. The fraction of sp³-hybridized carbons (Fsp3) is 0.263. The smallest absolute Gasteiger partial charge is 0.352 e. The van der Waals surface area contributed by atoms with E-state index >= 15 is 0 Å². The molecule has 0 aliphatic carbocycles. The second kappa shape index (κ2) is 7.60. The number of hydrogen-bond acceptors (Lipinski definition) is 8. The van der Waals surface area contributed by atoms with Gasteiger partial charge in [-0.05, 0) is 24.3 Å². The molecule has 1 saturated heterocycles. The van der Waals surface area contributed by atoms with Crippen LogP contribution in [0.1, 0.15) is 5.69 Å². The molecule has 8 nitrogen and oxygen atoms in total. The molecule has 0 bridgehead atoms. The number of anilines is 1.